The molecule has 1 atom stereocenters. The van der Waals surface area contributed by atoms with Crippen molar-refractivity contribution in [2.45, 2.75) is 18.2 Å². The third-order valence-electron chi connectivity index (χ3n) is 3.69. The van der Waals surface area contributed by atoms with E-state index in [-0.39, 0.29) is 21.3 Å². The quantitative estimate of drug-likeness (QED) is 0.592. The summed E-state index contributed by atoms with van der Waals surface area (Å²) in [5, 5.41) is 4.31. The highest BCUT2D eigenvalue weighted by molar-refractivity contribution is 6.34. The maximum absolute atomic E-state index is 13.8. The molecule has 0 amide bonds. The Morgan fingerprint density at radius 1 is 0.917 bits per heavy atom. The van der Waals surface area contributed by atoms with E-state index in [2.05, 4.69) is 5.16 Å². The van der Waals surface area contributed by atoms with Crippen LogP contribution >= 0.6 is 34.8 Å². The molecule has 2 aromatic carbocycles. The highest BCUT2D eigenvalue weighted by Crippen LogP contribution is 2.49. The number of hydrogen-bond donors (Lipinski definition) is 0. The molecule has 0 fully saturated rings. The minimum absolute atomic E-state index is 0.0877. The fourth-order valence-corrected chi connectivity index (χ4v) is 3.14. The minimum atomic E-state index is -4.71. The van der Waals surface area contributed by atoms with Gasteiger partial charge in [0.1, 0.15) is 0 Å². The summed E-state index contributed by atoms with van der Waals surface area (Å²) in [4.78, 5) is 4.91. The zero-order valence-corrected chi connectivity index (χ0v) is 14.1. The van der Waals surface area contributed by atoms with Crippen LogP contribution in [-0.4, -0.2) is 11.9 Å². The van der Waals surface area contributed by atoms with Crippen LogP contribution < -0.4 is 0 Å². The molecule has 0 aliphatic carbocycles. The zero-order chi connectivity index (χ0) is 17.5. The highest BCUT2D eigenvalue weighted by atomic mass is 35.5. The molecule has 1 heterocycles. The van der Waals surface area contributed by atoms with Crippen LogP contribution in [0.1, 0.15) is 17.5 Å². The Balaban J connectivity index is 2.03. The largest absolute Gasteiger partial charge is 0.435 e. The summed E-state index contributed by atoms with van der Waals surface area (Å²) in [7, 11) is 0. The number of benzene rings is 2. The average Bonchev–Trinajstić information content (AvgIpc) is 2.93. The molecule has 2 aromatic rings. The third-order valence-corrected chi connectivity index (χ3v) is 4.38. The van der Waals surface area contributed by atoms with Crippen LogP contribution in [0.15, 0.2) is 47.6 Å². The fraction of sp³-hybridized carbons (Fsp3) is 0.188. The topological polar surface area (TPSA) is 21.6 Å². The Morgan fingerprint density at radius 3 is 2.04 bits per heavy atom. The van der Waals surface area contributed by atoms with E-state index in [1.807, 2.05) is 0 Å². The number of oxime groups is 1. The van der Waals surface area contributed by atoms with Crippen molar-refractivity contribution in [2.75, 3.05) is 0 Å². The predicted molar refractivity (Wildman–Crippen MR) is 87.9 cm³/mol. The molecule has 0 bridgehead atoms. The highest BCUT2D eigenvalue weighted by Gasteiger charge is 2.62. The van der Waals surface area contributed by atoms with E-state index >= 15 is 0 Å². The number of nitrogens with zero attached hydrogens (tertiary/aromatic N) is 1. The molecule has 0 spiro atoms. The molecular formula is C16H9Cl3F3NO. The van der Waals surface area contributed by atoms with Crippen LogP contribution in [0.2, 0.25) is 15.1 Å². The van der Waals surface area contributed by atoms with E-state index < -0.39 is 18.2 Å². The second-order valence-corrected chi connectivity index (χ2v) is 6.61. The van der Waals surface area contributed by atoms with Crippen LogP contribution in [0.4, 0.5) is 13.2 Å². The summed E-state index contributed by atoms with van der Waals surface area (Å²) in [6.07, 6.45) is -5.20. The van der Waals surface area contributed by atoms with Crippen molar-refractivity contribution in [1.82, 2.24) is 0 Å². The molecule has 1 aliphatic heterocycles. The lowest BCUT2D eigenvalue weighted by molar-refractivity contribution is -0.275. The molecule has 126 valence electrons. The Morgan fingerprint density at radius 2 is 1.50 bits per heavy atom. The summed E-state index contributed by atoms with van der Waals surface area (Å²) in [6, 6.07) is 10.0. The Hall–Kier alpha value is -1.43. The first-order valence-corrected chi connectivity index (χ1v) is 7.89. The van der Waals surface area contributed by atoms with Gasteiger partial charge in [-0.1, -0.05) is 52.1 Å². The van der Waals surface area contributed by atoms with E-state index in [1.54, 1.807) is 24.3 Å². The third kappa shape index (κ3) is 3.08. The SMILES string of the molecule is FC(F)(F)C1(c2cc(Cl)cc(Cl)c2)CC(c2ccc(Cl)cc2)=NO1. The van der Waals surface area contributed by atoms with Crippen LogP contribution in [0, 0.1) is 0 Å². The van der Waals surface area contributed by atoms with Gasteiger partial charge >= 0.3 is 6.18 Å². The van der Waals surface area contributed by atoms with Crippen molar-refractivity contribution < 1.29 is 18.0 Å². The number of halogens is 6. The van der Waals surface area contributed by atoms with Gasteiger partial charge in [-0.05, 0) is 35.9 Å². The predicted octanol–water partition coefficient (Wildman–Crippen LogP) is 6.23. The second kappa shape index (κ2) is 6.14. The van der Waals surface area contributed by atoms with Crippen LogP contribution in [-0.2, 0) is 10.4 Å². The number of rotatable bonds is 2. The fourth-order valence-electron chi connectivity index (χ4n) is 2.49. The average molecular weight is 395 g/mol. The van der Waals surface area contributed by atoms with Gasteiger partial charge in [0.05, 0.1) is 5.71 Å². The molecule has 3 rings (SSSR count). The van der Waals surface area contributed by atoms with E-state index in [1.165, 1.54) is 18.2 Å². The molecular weight excluding hydrogens is 386 g/mol. The van der Waals surface area contributed by atoms with Crippen LogP contribution in [0.3, 0.4) is 0 Å². The van der Waals surface area contributed by atoms with Crippen LogP contribution in [0.5, 0.6) is 0 Å². The van der Waals surface area contributed by atoms with Gasteiger partial charge in [0, 0.05) is 27.1 Å². The maximum atomic E-state index is 13.8. The van der Waals surface area contributed by atoms with Crippen molar-refractivity contribution >= 4 is 40.5 Å². The van der Waals surface area contributed by atoms with E-state index in [9.17, 15) is 13.2 Å². The monoisotopic (exact) mass is 393 g/mol. The smallest absolute Gasteiger partial charge is 0.374 e. The Labute approximate surface area is 150 Å². The van der Waals surface area contributed by atoms with Crippen molar-refractivity contribution in [2.24, 2.45) is 5.16 Å². The molecule has 8 heteroatoms. The molecule has 0 radical (unpaired) electrons. The molecule has 24 heavy (non-hydrogen) atoms. The number of alkyl halides is 3. The summed E-state index contributed by atoms with van der Waals surface area (Å²) in [6.45, 7) is 0. The van der Waals surface area contributed by atoms with Crippen molar-refractivity contribution in [1.29, 1.82) is 0 Å². The maximum Gasteiger partial charge on any atom is 0.435 e. The normalized spacial score (nSPS) is 20.7. The van der Waals surface area contributed by atoms with Gasteiger partial charge < -0.3 is 4.84 Å². The van der Waals surface area contributed by atoms with Crippen LogP contribution in [0.25, 0.3) is 0 Å². The van der Waals surface area contributed by atoms with E-state index in [0.29, 0.717) is 10.6 Å². The summed E-state index contributed by atoms with van der Waals surface area (Å²) >= 11 is 17.5. The number of hydrogen-bond acceptors (Lipinski definition) is 2. The first-order valence-electron chi connectivity index (χ1n) is 6.75. The molecule has 0 saturated carbocycles. The van der Waals surface area contributed by atoms with Gasteiger partial charge in [-0.25, -0.2) is 0 Å². The first-order chi connectivity index (χ1) is 11.2. The van der Waals surface area contributed by atoms with Gasteiger partial charge in [0.15, 0.2) is 0 Å². The van der Waals surface area contributed by atoms with Gasteiger partial charge in [0.2, 0.25) is 0 Å². The minimum Gasteiger partial charge on any atom is -0.374 e. The molecule has 2 nitrogen and oxygen atoms in total. The Bertz CT molecular complexity index is 785. The molecule has 1 unspecified atom stereocenters. The molecule has 0 aromatic heterocycles. The second-order valence-electron chi connectivity index (χ2n) is 5.30. The summed E-state index contributed by atoms with van der Waals surface area (Å²) in [5.41, 5.74) is -2.16. The lowest BCUT2D eigenvalue weighted by Gasteiger charge is -2.29. The molecule has 1 aliphatic rings. The van der Waals surface area contributed by atoms with Gasteiger partial charge in [-0.3, -0.25) is 0 Å². The lowest BCUT2D eigenvalue weighted by atomic mass is 9.86. The van der Waals surface area contributed by atoms with Gasteiger partial charge in [-0.15, -0.1) is 0 Å². The molecule has 0 saturated heterocycles. The molecule has 0 N–H and O–H groups in total. The van der Waals surface area contributed by atoms with E-state index in [4.69, 9.17) is 39.6 Å². The summed E-state index contributed by atoms with van der Waals surface area (Å²) < 4.78 is 41.4. The van der Waals surface area contributed by atoms with E-state index in [0.717, 1.165) is 0 Å². The first kappa shape index (κ1) is 17.4. The zero-order valence-electron chi connectivity index (χ0n) is 11.9. The summed E-state index contributed by atoms with van der Waals surface area (Å²) in [5.74, 6) is 0. The van der Waals surface area contributed by atoms with Crippen molar-refractivity contribution in [3.63, 3.8) is 0 Å². The van der Waals surface area contributed by atoms with Gasteiger partial charge in [0.25, 0.3) is 5.60 Å². The standard InChI is InChI=1S/C16H9Cl3F3NO/c17-11-3-1-9(2-4-11)14-8-15(24-23-14,16(20,21)22)10-5-12(18)7-13(19)6-10/h1-7H,8H2. The van der Waals surface area contributed by atoms with Crippen molar-refractivity contribution in [3.05, 3.63) is 68.7 Å². The van der Waals surface area contributed by atoms with Crippen molar-refractivity contribution in [3.8, 4) is 0 Å². The Kier molecular flexibility index (Phi) is 4.45. The lowest BCUT2D eigenvalue weighted by Crippen LogP contribution is -2.42. The van der Waals surface area contributed by atoms with Gasteiger partial charge in [-0.2, -0.15) is 13.2 Å².